The first-order chi connectivity index (χ1) is 7.15. The zero-order valence-electron chi connectivity index (χ0n) is 8.96. The number of hydrogen-bond donors (Lipinski definition) is 2. The zero-order chi connectivity index (χ0) is 11.3. The second kappa shape index (κ2) is 6.40. The van der Waals surface area contributed by atoms with Crippen molar-refractivity contribution in [2.45, 2.75) is 19.5 Å². The summed E-state index contributed by atoms with van der Waals surface area (Å²) in [6.45, 7) is 2.85. The Kier molecular flexibility index (Phi) is 5.50. The van der Waals surface area contributed by atoms with Crippen molar-refractivity contribution in [1.29, 1.82) is 0 Å². The van der Waals surface area contributed by atoms with Crippen LogP contribution in [0.1, 0.15) is 12.5 Å². The maximum atomic E-state index is 9.75. The van der Waals surface area contributed by atoms with Gasteiger partial charge in [-0.2, -0.15) is 11.8 Å². The summed E-state index contributed by atoms with van der Waals surface area (Å²) >= 11 is 5.12. The first-order valence-corrected chi connectivity index (χ1v) is 7.02. The quantitative estimate of drug-likeness (QED) is 0.874. The monoisotopic (exact) mass is 289 g/mol. The van der Waals surface area contributed by atoms with Crippen LogP contribution in [-0.2, 0) is 6.54 Å². The number of aromatic hydroxyl groups is 1. The van der Waals surface area contributed by atoms with Crippen LogP contribution in [0, 0.1) is 0 Å². The molecular weight excluding hydrogens is 274 g/mol. The maximum absolute atomic E-state index is 9.75. The topological polar surface area (TPSA) is 32.3 Å². The summed E-state index contributed by atoms with van der Waals surface area (Å²) in [7, 11) is 0. The number of nitrogens with one attached hydrogen (secondary N) is 1. The molecule has 0 heterocycles. The molecule has 1 aromatic rings. The lowest BCUT2D eigenvalue weighted by molar-refractivity contribution is 0.458. The van der Waals surface area contributed by atoms with Crippen LogP contribution in [0.25, 0.3) is 0 Å². The number of hydrogen-bond acceptors (Lipinski definition) is 3. The van der Waals surface area contributed by atoms with E-state index < -0.39 is 0 Å². The van der Waals surface area contributed by atoms with Crippen LogP contribution >= 0.6 is 27.7 Å². The minimum absolute atomic E-state index is 0.335. The van der Waals surface area contributed by atoms with Crippen molar-refractivity contribution in [1.82, 2.24) is 5.32 Å². The number of para-hydroxylation sites is 1. The Labute approximate surface area is 104 Å². The predicted molar refractivity (Wildman–Crippen MR) is 70.5 cm³/mol. The molecule has 2 nitrogen and oxygen atoms in total. The second-order valence-corrected chi connectivity index (χ2v) is 5.25. The van der Waals surface area contributed by atoms with Gasteiger partial charge in [-0.05, 0) is 35.2 Å². The van der Waals surface area contributed by atoms with Crippen LogP contribution in [0.5, 0.6) is 5.75 Å². The van der Waals surface area contributed by atoms with Crippen molar-refractivity contribution in [2.24, 2.45) is 0 Å². The fourth-order valence-corrected chi connectivity index (χ4v) is 2.32. The van der Waals surface area contributed by atoms with Gasteiger partial charge in [0.05, 0.1) is 4.47 Å². The van der Waals surface area contributed by atoms with Crippen molar-refractivity contribution in [3.05, 3.63) is 28.2 Å². The van der Waals surface area contributed by atoms with Crippen molar-refractivity contribution >= 4 is 27.7 Å². The van der Waals surface area contributed by atoms with E-state index in [1.54, 1.807) is 0 Å². The van der Waals surface area contributed by atoms with Gasteiger partial charge in [0, 0.05) is 23.9 Å². The minimum Gasteiger partial charge on any atom is -0.506 e. The molecule has 0 aromatic heterocycles. The van der Waals surface area contributed by atoms with E-state index in [9.17, 15) is 5.11 Å². The van der Waals surface area contributed by atoms with Crippen molar-refractivity contribution in [3.63, 3.8) is 0 Å². The summed E-state index contributed by atoms with van der Waals surface area (Å²) < 4.78 is 0.749. The lowest BCUT2D eigenvalue weighted by Crippen LogP contribution is -2.27. The average Bonchev–Trinajstić information content (AvgIpc) is 2.21. The first-order valence-electron chi connectivity index (χ1n) is 4.83. The Hall–Kier alpha value is -0.190. The van der Waals surface area contributed by atoms with E-state index in [0.717, 1.165) is 15.8 Å². The smallest absolute Gasteiger partial charge is 0.134 e. The normalized spacial score (nSPS) is 12.7. The predicted octanol–water partition coefficient (Wildman–Crippen LogP) is 3.00. The van der Waals surface area contributed by atoms with Crippen LogP contribution < -0.4 is 5.32 Å². The summed E-state index contributed by atoms with van der Waals surface area (Å²) in [5.74, 6) is 1.41. The molecule has 0 aliphatic heterocycles. The molecule has 84 valence electrons. The number of phenols is 1. The average molecular weight is 290 g/mol. The van der Waals surface area contributed by atoms with Crippen molar-refractivity contribution in [2.75, 3.05) is 12.0 Å². The summed E-state index contributed by atoms with van der Waals surface area (Å²) in [6.07, 6.45) is 2.09. The number of rotatable bonds is 5. The summed E-state index contributed by atoms with van der Waals surface area (Å²) in [5, 5.41) is 13.1. The Morgan fingerprint density at radius 3 is 2.93 bits per heavy atom. The number of thioether (sulfide) groups is 1. The van der Waals surface area contributed by atoms with Gasteiger partial charge in [0.15, 0.2) is 0 Å². The third-order valence-corrected chi connectivity index (χ3v) is 3.60. The Bertz CT molecular complexity index is 319. The van der Waals surface area contributed by atoms with Crippen LogP contribution in [0.2, 0.25) is 0 Å². The van der Waals surface area contributed by atoms with Crippen LogP contribution in [0.3, 0.4) is 0 Å². The van der Waals surface area contributed by atoms with E-state index in [1.807, 2.05) is 30.0 Å². The van der Waals surface area contributed by atoms with Gasteiger partial charge in [0.2, 0.25) is 0 Å². The van der Waals surface area contributed by atoms with Gasteiger partial charge in [-0.3, -0.25) is 0 Å². The molecule has 4 heteroatoms. The Morgan fingerprint density at radius 2 is 2.27 bits per heavy atom. The Morgan fingerprint density at radius 1 is 1.53 bits per heavy atom. The van der Waals surface area contributed by atoms with Gasteiger partial charge >= 0.3 is 0 Å². The molecule has 0 aliphatic rings. The van der Waals surface area contributed by atoms with Gasteiger partial charge < -0.3 is 10.4 Å². The lowest BCUT2D eigenvalue weighted by atomic mass is 10.2. The lowest BCUT2D eigenvalue weighted by Gasteiger charge is -2.13. The molecule has 0 spiro atoms. The maximum Gasteiger partial charge on any atom is 0.134 e. The molecule has 0 saturated heterocycles. The van der Waals surface area contributed by atoms with E-state index in [2.05, 4.69) is 34.4 Å². The molecule has 0 fully saturated rings. The summed E-state index contributed by atoms with van der Waals surface area (Å²) in [4.78, 5) is 0. The van der Waals surface area contributed by atoms with E-state index in [4.69, 9.17) is 0 Å². The van der Waals surface area contributed by atoms with Gasteiger partial charge in [0.1, 0.15) is 5.75 Å². The highest BCUT2D eigenvalue weighted by atomic mass is 79.9. The molecule has 15 heavy (non-hydrogen) atoms. The van der Waals surface area contributed by atoms with Crippen LogP contribution in [0.4, 0.5) is 0 Å². The Balaban J connectivity index is 2.54. The van der Waals surface area contributed by atoms with Gasteiger partial charge in [-0.15, -0.1) is 0 Å². The van der Waals surface area contributed by atoms with Crippen LogP contribution in [0.15, 0.2) is 22.7 Å². The SMILES string of the molecule is CSCC(C)NCc1cccc(Br)c1O. The molecular formula is C11H16BrNOS. The van der Waals surface area contributed by atoms with Gasteiger partial charge in [0.25, 0.3) is 0 Å². The largest absolute Gasteiger partial charge is 0.506 e. The molecule has 1 atom stereocenters. The molecule has 1 rings (SSSR count). The van der Waals surface area contributed by atoms with E-state index in [1.165, 1.54) is 0 Å². The van der Waals surface area contributed by atoms with E-state index in [-0.39, 0.29) is 0 Å². The second-order valence-electron chi connectivity index (χ2n) is 3.48. The standard InChI is InChI=1S/C11H16BrNOS/c1-8(7-15-2)13-6-9-4-3-5-10(12)11(9)14/h3-5,8,13-14H,6-7H2,1-2H3. The van der Waals surface area contributed by atoms with Gasteiger partial charge in [-0.25, -0.2) is 0 Å². The fourth-order valence-electron chi connectivity index (χ4n) is 1.30. The number of halogens is 1. The van der Waals surface area contributed by atoms with E-state index >= 15 is 0 Å². The molecule has 0 aliphatic carbocycles. The molecule has 0 bridgehead atoms. The molecule has 0 saturated carbocycles. The van der Waals surface area contributed by atoms with E-state index in [0.29, 0.717) is 18.3 Å². The minimum atomic E-state index is 0.335. The highest BCUT2D eigenvalue weighted by Gasteiger charge is 2.06. The molecule has 0 amide bonds. The zero-order valence-corrected chi connectivity index (χ0v) is 11.4. The molecule has 1 unspecified atom stereocenters. The third-order valence-electron chi connectivity index (χ3n) is 2.13. The number of phenolic OH excluding ortho intramolecular Hbond substituents is 1. The van der Waals surface area contributed by atoms with Gasteiger partial charge in [-0.1, -0.05) is 12.1 Å². The summed E-state index contributed by atoms with van der Waals surface area (Å²) in [6, 6.07) is 6.15. The molecule has 1 aromatic carbocycles. The molecule has 0 radical (unpaired) electrons. The van der Waals surface area contributed by atoms with Crippen molar-refractivity contribution in [3.8, 4) is 5.75 Å². The fraction of sp³-hybridized carbons (Fsp3) is 0.455. The number of benzene rings is 1. The summed E-state index contributed by atoms with van der Waals surface area (Å²) in [5.41, 5.74) is 0.928. The highest BCUT2D eigenvalue weighted by molar-refractivity contribution is 9.10. The van der Waals surface area contributed by atoms with Crippen molar-refractivity contribution < 1.29 is 5.11 Å². The highest BCUT2D eigenvalue weighted by Crippen LogP contribution is 2.27. The third kappa shape index (κ3) is 4.05. The van der Waals surface area contributed by atoms with Crippen LogP contribution in [-0.4, -0.2) is 23.2 Å². The molecule has 2 N–H and O–H groups in total. The first kappa shape index (κ1) is 12.9.